The van der Waals surface area contributed by atoms with Gasteiger partial charge in [0.15, 0.2) is 0 Å². The lowest BCUT2D eigenvalue weighted by Gasteiger charge is -2.06. The highest BCUT2D eigenvalue weighted by atomic mass is 33.1. The third kappa shape index (κ3) is 7.48. The van der Waals surface area contributed by atoms with Gasteiger partial charge in [-0.2, -0.15) is 0 Å². The van der Waals surface area contributed by atoms with E-state index in [1.165, 1.54) is 21.6 Å². The van der Waals surface area contributed by atoms with Crippen molar-refractivity contribution < 1.29 is 19.8 Å². The zero-order valence-corrected chi connectivity index (χ0v) is 9.59. The van der Waals surface area contributed by atoms with E-state index in [1.54, 1.807) is 0 Å². The normalized spacial score (nSPS) is 14.5. The first-order valence-corrected chi connectivity index (χ1v) is 6.65. The summed E-state index contributed by atoms with van der Waals surface area (Å²) >= 11 is 0. The van der Waals surface area contributed by atoms with E-state index in [4.69, 9.17) is 21.7 Å². The van der Waals surface area contributed by atoms with Crippen LogP contribution in [0.5, 0.6) is 0 Å². The molecule has 0 fully saturated rings. The summed E-state index contributed by atoms with van der Waals surface area (Å²) in [6.07, 6.45) is 0.356. The topological polar surface area (TPSA) is 127 Å². The molecule has 0 bridgehead atoms. The maximum absolute atomic E-state index is 10.3. The standard InChI is InChI=1S/C7H14N2O4S2/c8-4(6(10)11)1-2-14-15-3-5(9)7(12)13/h4-5H,1-3,8-9H2,(H,10,11)(H,12,13). The molecule has 0 aliphatic carbocycles. The Labute approximate surface area is 95.2 Å². The van der Waals surface area contributed by atoms with E-state index in [-0.39, 0.29) is 0 Å². The Bertz CT molecular complexity index is 205. The molecule has 0 heterocycles. The maximum atomic E-state index is 10.3. The smallest absolute Gasteiger partial charge is 0.321 e. The summed E-state index contributed by atoms with van der Waals surface area (Å²) in [6, 6.07) is -1.73. The van der Waals surface area contributed by atoms with Crippen LogP contribution in [0.15, 0.2) is 0 Å². The highest BCUT2D eigenvalue weighted by Gasteiger charge is 2.13. The lowest BCUT2D eigenvalue weighted by Crippen LogP contribution is -2.32. The van der Waals surface area contributed by atoms with Crippen LogP contribution in [0.25, 0.3) is 0 Å². The average molecular weight is 254 g/mol. The first-order chi connectivity index (χ1) is 6.95. The molecule has 0 spiro atoms. The van der Waals surface area contributed by atoms with Crippen LogP contribution < -0.4 is 11.5 Å². The van der Waals surface area contributed by atoms with Gasteiger partial charge in [-0.3, -0.25) is 9.59 Å². The third-order valence-electron chi connectivity index (χ3n) is 1.48. The van der Waals surface area contributed by atoms with Crippen molar-refractivity contribution in [2.24, 2.45) is 11.5 Å². The number of hydrogen-bond donors (Lipinski definition) is 4. The fraction of sp³-hybridized carbons (Fsp3) is 0.714. The van der Waals surface area contributed by atoms with Crippen molar-refractivity contribution in [2.75, 3.05) is 11.5 Å². The zero-order valence-electron chi connectivity index (χ0n) is 7.96. The van der Waals surface area contributed by atoms with Crippen molar-refractivity contribution in [1.82, 2.24) is 0 Å². The molecule has 0 aromatic rings. The third-order valence-corrected chi connectivity index (χ3v) is 3.95. The summed E-state index contributed by atoms with van der Waals surface area (Å²) in [7, 11) is 2.68. The second kappa shape index (κ2) is 7.80. The molecule has 88 valence electrons. The molecule has 0 saturated heterocycles. The predicted octanol–water partition coefficient (Wildman–Crippen LogP) is -0.418. The van der Waals surface area contributed by atoms with E-state index >= 15 is 0 Å². The van der Waals surface area contributed by atoms with Gasteiger partial charge < -0.3 is 21.7 Å². The fourth-order valence-electron chi connectivity index (χ4n) is 0.550. The van der Waals surface area contributed by atoms with Crippen LogP contribution in [0, 0.1) is 0 Å². The van der Waals surface area contributed by atoms with Gasteiger partial charge in [-0.1, -0.05) is 21.6 Å². The summed E-state index contributed by atoms with van der Waals surface area (Å²) < 4.78 is 0. The van der Waals surface area contributed by atoms with Crippen LogP contribution in [-0.2, 0) is 9.59 Å². The van der Waals surface area contributed by atoms with Gasteiger partial charge >= 0.3 is 11.9 Å². The van der Waals surface area contributed by atoms with Gasteiger partial charge in [-0.15, -0.1) is 0 Å². The Balaban J connectivity index is 3.40. The molecule has 2 unspecified atom stereocenters. The number of aliphatic carboxylic acids is 2. The number of rotatable bonds is 8. The fourth-order valence-corrected chi connectivity index (χ4v) is 2.77. The van der Waals surface area contributed by atoms with Gasteiger partial charge in [0, 0.05) is 11.5 Å². The highest BCUT2D eigenvalue weighted by molar-refractivity contribution is 8.76. The van der Waals surface area contributed by atoms with Crippen molar-refractivity contribution in [3.63, 3.8) is 0 Å². The Morgan fingerprint density at radius 3 is 2.07 bits per heavy atom. The van der Waals surface area contributed by atoms with E-state index in [9.17, 15) is 9.59 Å². The summed E-state index contributed by atoms with van der Waals surface area (Å²) in [5.74, 6) is -1.21. The summed E-state index contributed by atoms with van der Waals surface area (Å²) in [5, 5.41) is 16.9. The summed E-state index contributed by atoms with van der Waals surface area (Å²) in [6.45, 7) is 0. The van der Waals surface area contributed by atoms with Crippen LogP contribution in [0.1, 0.15) is 6.42 Å². The number of carboxylic acids is 2. The predicted molar refractivity (Wildman–Crippen MR) is 60.8 cm³/mol. The molecule has 0 radical (unpaired) electrons. The van der Waals surface area contributed by atoms with E-state index < -0.39 is 24.0 Å². The Morgan fingerprint density at radius 2 is 1.60 bits per heavy atom. The van der Waals surface area contributed by atoms with E-state index in [0.717, 1.165) is 0 Å². The van der Waals surface area contributed by atoms with Crippen molar-refractivity contribution in [2.45, 2.75) is 18.5 Å². The molecule has 0 amide bonds. The second-order valence-electron chi connectivity index (χ2n) is 2.78. The Kier molecular flexibility index (Phi) is 7.57. The minimum absolute atomic E-state index is 0.294. The van der Waals surface area contributed by atoms with Crippen LogP contribution >= 0.6 is 21.6 Å². The van der Waals surface area contributed by atoms with Gasteiger partial charge in [0.05, 0.1) is 0 Å². The molecule has 2 atom stereocenters. The van der Waals surface area contributed by atoms with Crippen molar-refractivity contribution >= 4 is 33.5 Å². The van der Waals surface area contributed by atoms with Gasteiger partial charge in [-0.25, -0.2) is 0 Å². The molecular formula is C7H14N2O4S2. The van der Waals surface area contributed by atoms with Crippen molar-refractivity contribution in [3.8, 4) is 0 Å². The second-order valence-corrected chi connectivity index (χ2v) is 5.41. The molecule has 6 N–H and O–H groups in total. The van der Waals surface area contributed by atoms with Crippen molar-refractivity contribution in [1.29, 1.82) is 0 Å². The number of carbonyl (C=O) groups is 2. The largest absolute Gasteiger partial charge is 0.480 e. The van der Waals surface area contributed by atoms with Gasteiger partial charge in [0.2, 0.25) is 0 Å². The molecule has 0 aromatic heterocycles. The van der Waals surface area contributed by atoms with Crippen LogP contribution in [-0.4, -0.2) is 45.7 Å². The molecule has 0 aliphatic heterocycles. The molecule has 0 rings (SSSR count). The number of carboxylic acid groups (broad SMARTS) is 2. The Hall–Kier alpha value is -0.440. The minimum Gasteiger partial charge on any atom is -0.480 e. The van der Waals surface area contributed by atoms with Gasteiger partial charge in [0.25, 0.3) is 0 Å². The minimum atomic E-state index is -1.04. The van der Waals surface area contributed by atoms with Gasteiger partial charge in [-0.05, 0) is 6.42 Å². The molecule has 8 heteroatoms. The van der Waals surface area contributed by atoms with Crippen molar-refractivity contribution in [3.05, 3.63) is 0 Å². The first kappa shape index (κ1) is 14.6. The van der Waals surface area contributed by atoms with E-state index in [0.29, 0.717) is 17.9 Å². The quantitative estimate of drug-likeness (QED) is 0.340. The van der Waals surface area contributed by atoms with Crippen LogP contribution in [0.3, 0.4) is 0 Å². The molecule has 0 aliphatic rings. The zero-order chi connectivity index (χ0) is 11.8. The van der Waals surface area contributed by atoms with E-state index in [1.807, 2.05) is 0 Å². The summed E-state index contributed by atoms with van der Waals surface area (Å²) in [4.78, 5) is 20.6. The van der Waals surface area contributed by atoms with Crippen LogP contribution in [0.4, 0.5) is 0 Å². The Morgan fingerprint density at radius 1 is 1.07 bits per heavy atom. The average Bonchev–Trinajstić information content (AvgIpc) is 2.16. The monoisotopic (exact) mass is 254 g/mol. The van der Waals surface area contributed by atoms with E-state index in [2.05, 4.69) is 0 Å². The molecular weight excluding hydrogens is 240 g/mol. The molecule has 0 aromatic carbocycles. The van der Waals surface area contributed by atoms with Crippen LogP contribution in [0.2, 0.25) is 0 Å². The molecule has 6 nitrogen and oxygen atoms in total. The highest BCUT2D eigenvalue weighted by Crippen LogP contribution is 2.22. The molecule has 0 saturated carbocycles. The van der Waals surface area contributed by atoms with Gasteiger partial charge in [0.1, 0.15) is 12.1 Å². The molecule has 15 heavy (non-hydrogen) atoms. The maximum Gasteiger partial charge on any atom is 0.321 e. The SMILES string of the molecule is NC(CCSSCC(N)C(=O)O)C(=O)O. The number of hydrogen-bond acceptors (Lipinski definition) is 6. The first-order valence-electron chi connectivity index (χ1n) is 4.16. The lowest BCUT2D eigenvalue weighted by atomic mass is 10.2. The summed E-state index contributed by atoms with van der Waals surface area (Å²) in [5.41, 5.74) is 10.5. The lowest BCUT2D eigenvalue weighted by molar-refractivity contribution is -0.139. The number of nitrogens with two attached hydrogens (primary N) is 2.